The summed E-state index contributed by atoms with van der Waals surface area (Å²) in [5.41, 5.74) is 1.63. The standard InChI is InChI=1S/C12H11BrClNO/c1-2-10(13)12(16)9-6-15-11-4-3-7(14)5-8(9)11/h3-6,10,15H,2H2,1H3. The summed E-state index contributed by atoms with van der Waals surface area (Å²) >= 11 is 9.30. The maximum absolute atomic E-state index is 12.1. The van der Waals surface area contributed by atoms with Crippen LogP contribution in [0.5, 0.6) is 0 Å². The van der Waals surface area contributed by atoms with Gasteiger partial charge in [0.15, 0.2) is 5.78 Å². The molecule has 2 nitrogen and oxygen atoms in total. The van der Waals surface area contributed by atoms with Crippen LogP contribution in [0.4, 0.5) is 0 Å². The molecule has 1 aromatic heterocycles. The van der Waals surface area contributed by atoms with Crippen LogP contribution < -0.4 is 0 Å². The molecule has 0 aliphatic heterocycles. The Morgan fingerprint density at radius 1 is 1.56 bits per heavy atom. The molecule has 1 N–H and O–H groups in total. The molecule has 0 aliphatic carbocycles. The lowest BCUT2D eigenvalue weighted by molar-refractivity contribution is 0.0992. The molecule has 1 atom stereocenters. The first-order valence-electron chi connectivity index (χ1n) is 5.08. The first-order chi connectivity index (χ1) is 7.63. The fraction of sp³-hybridized carbons (Fsp3) is 0.250. The average Bonchev–Trinajstić information content (AvgIpc) is 2.69. The van der Waals surface area contributed by atoms with E-state index < -0.39 is 0 Å². The third kappa shape index (κ3) is 2.02. The number of H-pyrrole nitrogens is 1. The molecule has 0 amide bonds. The summed E-state index contributed by atoms with van der Waals surface area (Å²) in [6.45, 7) is 1.97. The molecule has 0 radical (unpaired) electrons. The van der Waals surface area contributed by atoms with E-state index in [0.29, 0.717) is 10.6 Å². The number of hydrogen-bond donors (Lipinski definition) is 1. The number of halogens is 2. The van der Waals surface area contributed by atoms with Gasteiger partial charge in [0, 0.05) is 27.7 Å². The van der Waals surface area contributed by atoms with E-state index in [1.165, 1.54) is 0 Å². The molecule has 84 valence electrons. The van der Waals surface area contributed by atoms with Crippen molar-refractivity contribution in [2.24, 2.45) is 0 Å². The highest BCUT2D eigenvalue weighted by atomic mass is 79.9. The van der Waals surface area contributed by atoms with Crippen LogP contribution in [0.25, 0.3) is 10.9 Å². The minimum Gasteiger partial charge on any atom is -0.360 e. The lowest BCUT2D eigenvalue weighted by Crippen LogP contribution is -2.12. The van der Waals surface area contributed by atoms with Crippen molar-refractivity contribution in [3.8, 4) is 0 Å². The minimum absolute atomic E-state index is 0.0935. The number of fused-ring (bicyclic) bond motifs is 1. The molecule has 1 heterocycles. The summed E-state index contributed by atoms with van der Waals surface area (Å²) < 4.78 is 0. The van der Waals surface area contributed by atoms with Gasteiger partial charge in [0.25, 0.3) is 0 Å². The van der Waals surface area contributed by atoms with Crippen LogP contribution in [0.15, 0.2) is 24.4 Å². The Morgan fingerprint density at radius 3 is 3.00 bits per heavy atom. The number of alkyl halides is 1. The lowest BCUT2D eigenvalue weighted by atomic mass is 10.1. The Kier molecular flexibility index (Phi) is 3.36. The van der Waals surface area contributed by atoms with Gasteiger partial charge < -0.3 is 4.98 Å². The molecule has 16 heavy (non-hydrogen) atoms. The number of rotatable bonds is 3. The number of Topliss-reactive ketones (excluding diaryl/α,β-unsaturated/α-hetero) is 1. The number of aromatic nitrogens is 1. The number of nitrogens with one attached hydrogen (secondary N) is 1. The second-order valence-corrected chi connectivity index (χ2v) is 5.17. The third-order valence-electron chi connectivity index (χ3n) is 2.55. The van der Waals surface area contributed by atoms with Crippen LogP contribution in [0.3, 0.4) is 0 Å². The molecule has 2 rings (SSSR count). The van der Waals surface area contributed by atoms with Crippen molar-refractivity contribution >= 4 is 44.2 Å². The van der Waals surface area contributed by atoms with Crippen molar-refractivity contribution in [1.82, 2.24) is 4.98 Å². The highest BCUT2D eigenvalue weighted by Gasteiger charge is 2.18. The molecule has 4 heteroatoms. The van der Waals surface area contributed by atoms with Crippen molar-refractivity contribution in [2.75, 3.05) is 0 Å². The number of carbonyl (C=O) groups excluding carboxylic acids is 1. The maximum atomic E-state index is 12.1. The van der Waals surface area contributed by atoms with Crippen LogP contribution >= 0.6 is 27.5 Å². The summed E-state index contributed by atoms with van der Waals surface area (Å²) in [5, 5.41) is 1.53. The van der Waals surface area contributed by atoms with Gasteiger partial charge >= 0.3 is 0 Å². The zero-order chi connectivity index (χ0) is 11.7. The van der Waals surface area contributed by atoms with E-state index in [2.05, 4.69) is 20.9 Å². The van der Waals surface area contributed by atoms with Gasteiger partial charge in [-0.2, -0.15) is 0 Å². The monoisotopic (exact) mass is 299 g/mol. The Bertz CT molecular complexity index is 535. The van der Waals surface area contributed by atoms with E-state index in [-0.39, 0.29) is 10.6 Å². The molecular formula is C12H11BrClNO. The van der Waals surface area contributed by atoms with Crippen LogP contribution in [-0.2, 0) is 0 Å². The van der Waals surface area contributed by atoms with Crippen LogP contribution in [0, 0.1) is 0 Å². The van der Waals surface area contributed by atoms with Gasteiger partial charge in [0.05, 0.1) is 4.83 Å². The van der Waals surface area contributed by atoms with Crippen LogP contribution in [-0.4, -0.2) is 15.6 Å². The Morgan fingerprint density at radius 2 is 2.31 bits per heavy atom. The van der Waals surface area contributed by atoms with E-state index >= 15 is 0 Å². The molecule has 1 unspecified atom stereocenters. The second-order valence-electron chi connectivity index (χ2n) is 3.63. The minimum atomic E-state index is -0.134. The fourth-order valence-electron chi connectivity index (χ4n) is 1.65. The van der Waals surface area contributed by atoms with Crippen molar-refractivity contribution in [3.05, 3.63) is 35.0 Å². The predicted octanol–water partition coefficient (Wildman–Crippen LogP) is 4.18. The molecule has 0 saturated heterocycles. The molecule has 2 aromatic rings. The second kappa shape index (κ2) is 4.60. The van der Waals surface area contributed by atoms with Crippen LogP contribution in [0.1, 0.15) is 23.7 Å². The number of hydrogen-bond acceptors (Lipinski definition) is 1. The summed E-state index contributed by atoms with van der Waals surface area (Å²) in [4.78, 5) is 15.0. The van der Waals surface area contributed by atoms with Crippen molar-refractivity contribution < 1.29 is 4.79 Å². The zero-order valence-electron chi connectivity index (χ0n) is 8.76. The largest absolute Gasteiger partial charge is 0.360 e. The number of ketones is 1. The van der Waals surface area contributed by atoms with Crippen molar-refractivity contribution in [1.29, 1.82) is 0 Å². The zero-order valence-corrected chi connectivity index (χ0v) is 11.1. The van der Waals surface area contributed by atoms with Gasteiger partial charge in [0.2, 0.25) is 0 Å². The predicted molar refractivity (Wildman–Crippen MR) is 70.6 cm³/mol. The number of benzene rings is 1. The Labute approximate surface area is 107 Å². The first kappa shape index (κ1) is 11.7. The Hall–Kier alpha value is -0.800. The summed E-state index contributed by atoms with van der Waals surface area (Å²) in [7, 11) is 0. The average molecular weight is 301 g/mol. The fourth-order valence-corrected chi connectivity index (χ4v) is 2.07. The smallest absolute Gasteiger partial charge is 0.178 e. The SMILES string of the molecule is CCC(Br)C(=O)c1c[nH]c2ccc(Cl)cc12. The van der Waals surface area contributed by atoms with Gasteiger partial charge in [0.1, 0.15) is 0 Å². The molecule has 0 spiro atoms. The van der Waals surface area contributed by atoms with E-state index in [0.717, 1.165) is 17.3 Å². The summed E-state index contributed by atoms with van der Waals surface area (Å²) in [5.74, 6) is 0.0935. The molecular weight excluding hydrogens is 289 g/mol. The van der Waals surface area contributed by atoms with E-state index in [9.17, 15) is 4.79 Å². The van der Waals surface area contributed by atoms with E-state index in [1.54, 1.807) is 12.3 Å². The molecule has 0 bridgehead atoms. The topological polar surface area (TPSA) is 32.9 Å². The molecule has 0 aliphatic rings. The molecule has 0 saturated carbocycles. The highest BCUT2D eigenvalue weighted by molar-refractivity contribution is 9.10. The first-order valence-corrected chi connectivity index (χ1v) is 6.37. The quantitative estimate of drug-likeness (QED) is 0.669. The summed E-state index contributed by atoms with van der Waals surface area (Å²) in [6.07, 6.45) is 2.51. The van der Waals surface area contributed by atoms with Gasteiger partial charge in [-0.25, -0.2) is 0 Å². The highest BCUT2D eigenvalue weighted by Crippen LogP contribution is 2.25. The van der Waals surface area contributed by atoms with Crippen LogP contribution in [0.2, 0.25) is 5.02 Å². The van der Waals surface area contributed by atoms with Gasteiger partial charge in [-0.15, -0.1) is 0 Å². The maximum Gasteiger partial charge on any atom is 0.178 e. The number of carbonyl (C=O) groups is 1. The molecule has 0 fully saturated rings. The van der Waals surface area contributed by atoms with Crippen molar-refractivity contribution in [3.63, 3.8) is 0 Å². The lowest BCUT2D eigenvalue weighted by Gasteiger charge is -2.04. The molecule has 1 aromatic carbocycles. The summed E-state index contributed by atoms with van der Waals surface area (Å²) in [6, 6.07) is 5.50. The van der Waals surface area contributed by atoms with E-state index in [1.807, 2.05) is 19.1 Å². The third-order valence-corrected chi connectivity index (χ3v) is 3.85. The van der Waals surface area contributed by atoms with E-state index in [4.69, 9.17) is 11.6 Å². The number of aromatic amines is 1. The Balaban J connectivity index is 2.53. The van der Waals surface area contributed by atoms with Gasteiger partial charge in [-0.3, -0.25) is 4.79 Å². The normalized spacial score (nSPS) is 12.9. The van der Waals surface area contributed by atoms with Crippen molar-refractivity contribution in [2.45, 2.75) is 18.2 Å². The van der Waals surface area contributed by atoms with Gasteiger partial charge in [-0.05, 0) is 24.6 Å². The van der Waals surface area contributed by atoms with Gasteiger partial charge in [-0.1, -0.05) is 34.5 Å².